The number of rotatable bonds is 7. The molecular formula is C21H33FIN5O. The Morgan fingerprint density at radius 3 is 2.62 bits per heavy atom. The molecule has 0 aromatic heterocycles. The Labute approximate surface area is 190 Å². The highest BCUT2D eigenvalue weighted by molar-refractivity contribution is 14.0. The van der Waals surface area contributed by atoms with Gasteiger partial charge in [-0.25, -0.2) is 4.39 Å². The van der Waals surface area contributed by atoms with Gasteiger partial charge in [0.2, 0.25) is 5.91 Å². The van der Waals surface area contributed by atoms with E-state index < -0.39 is 0 Å². The molecule has 29 heavy (non-hydrogen) atoms. The number of likely N-dealkylation sites (N-methyl/N-ethyl adjacent to an activating group) is 1. The lowest BCUT2D eigenvalue weighted by Gasteiger charge is -2.32. The largest absolute Gasteiger partial charge is 0.358 e. The van der Waals surface area contributed by atoms with Crippen LogP contribution < -0.4 is 16.0 Å². The standard InChI is InChI=1S/C21H32FN5O.HI/c1-3-24-20(26-18-7-11-27(12-8-18)14-19(28)23-2)25-15-21(9-10-21)16-5-4-6-17(22)13-16;/h4-6,13,18H,3,7-12,14-15H2,1-2H3,(H,23,28)(H2,24,25,26);1H. The molecule has 1 amide bonds. The van der Waals surface area contributed by atoms with Gasteiger partial charge in [0.25, 0.3) is 0 Å². The normalized spacial score (nSPS) is 19.2. The number of hydrogen-bond donors (Lipinski definition) is 3. The van der Waals surface area contributed by atoms with Crippen LogP contribution in [0.3, 0.4) is 0 Å². The molecule has 0 bridgehead atoms. The number of nitrogens with zero attached hydrogens (tertiary/aromatic N) is 2. The summed E-state index contributed by atoms with van der Waals surface area (Å²) in [6.45, 7) is 5.79. The van der Waals surface area contributed by atoms with Crippen LogP contribution in [0.4, 0.5) is 4.39 Å². The first kappa shape index (κ1) is 23.9. The maximum absolute atomic E-state index is 13.6. The Morgan fingerprint density at radius 1 is 1.31 bits per heavy atom. The molecule has 2 aliphatic rings. The van der Waals surface area contributed by atoms with Crippen LogP contribution in [0, 0.1) is 5.82 Å². The van der Waals surface area contributed by atoms with E-state index in [1.165, 1.54) is 6.07 Å². The fourth-order valence-electron chi connectivity index (χ4n) is 3.77. The van der Waals surface area contributed by atoms with E-state index in [-0.39, 0.29) is 41.1 Å². The summed E-state index contributed by atoms with van der Waals surface area (Å²) >= 11 is 0. The number of likely N-dealkylation sites (tertiary alicyclic amines) is 1. The highest BCUT2D eigenvalue weighted by Crippen LogP contribution is 2.48. The van der Waals surface area contributed by atoms with Gasteiger partial charge < -0.3 is 16.0 Å². The molecule has 1 aliphatic heterocycles. The van der Waals surface area contributed by atoms with E-state index in [0.717, 1.165) is 56.8 Å². The third kappa shape index (κ3) is 6.80. The molecule has 3 N–H and O–H groups in total. The second-order valence-corrected chi connectivity index (χ2v) is 7.85. The molecule has 1 aliphatic carbocycles. The van der Waals surface area contributed by atoms with Crippen LogP contribution in [0.2, 0.25) is 0 Å². The first-order chi connectivity index (χ1) is 13.5. The van der Waals surface area contributed by atoms with Crippen LogP contribution in [0.5, 0.6) is 0 Å². The van der Waals surface area contributed by atoms with Crippen LogP contribution in [0.1, 0.15) is 38.2 Å². The lowest BCUT2D eigenvalue weighted by molar-refractivity contribution is -0.122. The van der Waals surface area contributed by atoms with Gasteiger partial charge in [-0.05, 0) is 50.3 Å². The van der Waals surface area contributed by atoms with E-state index in [4.69, 9.17) is 4.99 Å². The second-order valence-electron chi connectivity index (χ2n) is 7.85. The third-order valence-electron chi connectivity index (χ3n) is 5.75. The zero-order valence-corrected chi connectivity index (χ0v) is 19.7. The average molecular weight is 517 g/mol. The summed E-state index contributed by atoms with van der Waals surface area (Å²) < 4.78 is 13.6. The summed E-state index contributed by atoms with van der Waals surface area (Å²) in [6, 6.07) is 7.28. The molecule has 1 aromatic rings. The van der Waals surface area contributed by atoms with E-state index >= 15 is 0 Å². The number of amides is 1. The van der Waals surface area contributed by atoms with Crippen molar-refractivity contribution < 1.29 is 9.18 Å². The minimum absolute atomic E-state index is 0. The van der Waals surface area contributed by atoms with Crippen molar-refractivity contribution in [3.63, 3.8) is 0 Å². The summed E-state index contributed by atoms with van der Waals surface area (Å²) in [5.41, 5.74) is 1.04. The van der Waals surface area contributed by atoms with Gasteiger partial charge in [0.15, 0.2) is 5.96 Å². The van der Waals surface area contributed by atoms with Gasteiger partial charge in [0, 0.05) is 38.1 Å². The molecule has 0 atom stereocenters. The van der Waals surface area contributed by atoms with Gasteiger partial charge in [-0.1, -0.05) is 12.1 Å². The smallest absolute Gasteiger partial charge is 0.233 e. The van der Waals surface area contributed by atoms with Crippen LogP contribution in [-0.2, 0) is 10.2 Å². The summed E-state index contributed by atoms with van der Waals surface area (Å²) in [7, 11) is 1.67. The molecule has 1 saturated heterocycles. The Balaban J connectivity index is 0.00000300. The van der Waals surface area contributed by atoms with Gasteiger partial charge in [-0.2, -0.15) is 0 Å². The molecule has 1 saturated carbocycles. The molecule has 0 radical (unpaired) electrons. The number of halogens is 2. The lowest BCUT2D eigenvalue weighted by atomic mass is 9.96. The number of carbonyl (C=O) groups is 1. The molecule has 2 fully saturated rings. The molecule has 0 spiro atoms. The van der Waals surface area contributed by atoms with Crippen molar-refractivity contribution >= 4 is 35.8 Å². The molecule has 3 rings (SSSR count). The van der Waals surface area contributed by atoms with Crippen molar-refractivity contribution in [2.24, 2.45) is 4.99 Å². The molecule has 6 nitrogen and oxygen atoms in total. The van der Waals surface area contributed by atoms with Crippen molar-refractivity contribution in [1.82, 2.24) is 20.9 Å². The van der Waals surface area contributed by atoms with Gasteiger partial charge in [0.1, 0.15) is 5.82 Å². The Kier molecular flexibility index (Phi) is 9.13. The molecule has 8 heteroatoms. The van der Waals surface area contributed by atoms with Crippen molar-refractivity contribution in [2.45, 2.75) is 44.1 Å². The van der Waals surface area contributed by atoms with E-state index in [2.05, 4.69) is 27.8 Å². The number of carbonyl (C=O) groups excluding carboxylic acids is 1. The topological polar surface area (TPSA) is 68.8 Å². The van der Waals surface area contributed by atoms with E-state index in [0.29, 0.717) is 19.1 Å². The fraction of sp³-hybridized carbons (Fsp3) is 0.619. The van der Waals surface area contributed by atoms with Gasteiger partial charge in [0.05, 0.1) is 13.1 Å². The minimum atomic E-state index is -0.179. The third-order valence-corrected chi connectivity index (χ3v) is 5.75. The Hall–Kier alpha value is -1.42. The number of piperidine rings is 1. The number of benzene rings is 1. The van der Waals surface area contributed by atoms with E-state index in [1.54, 1.807) is 19.2 Å². The zero-order valence-electron chi connectivity index (χ0n) is 17.3. The van der Waals surface area contributed by atoms with Gasteiger partial charge >= 0.3 is 0 Å². The van der Waals surface area contributed by atoms with Crippen LogP contribution >= 0.6 is 24.0 Å². The van der Waals surface area contributed by atoms with Crippen molar-refractivity contribution in [3.05, 3.63) is 35.6 Å². The quantitative estimate of drug-likeness (QED) is 0.295. The zero-order chi connectivity index (χ0) is 20.0. The van der Waals surface area contributed by atoms with E-state index in [9.17, 15) is 9.18 Å². The number of guanidine groups is 1. The van der Waals surface area contributed by atoms with Crippen molar-refractivity contribution in [1.29, 1.82) is 0 Å². The first-order valence-electron chi connectivity index (χ1n) is 10.3. The van der Waals surface area contributed by atoms with Crippen molar-refractivity contribution in [2.75, 3.05) is 39.8 Å². The first-order valence-corrected chi connectivity index (χ1v) is 10.3. The second kappa shape index (κ2) is 11.1. The van der Waals surface area contributed by atoms with Crippen molar-refractivity contribution in [3.8, 4) is 0 Å². The van der Waals surface area contributed by atoms with Crippen LogP contribution in [-0.4, -0.2) is 62.6 Å². The minimum Gasteiger partial charge on any atom is -0.358 e. The van der Waals surface area contributed by atoms with Crippen LogP contribution in [0.25, 0.3) is 0 Å². The summed E-state index contributed by atoms with van der Waals surface area (Å²) in [5.74, 6) is 0.713. The molecular weight excluding hydrogens is 484 g/mol. The number of hydrogen-bond acceptors (Lipinski definition) is 3. The predicted molar refractivity (Wildman–Crippen MR) is 125 cm³/mol. The lowest BCUT2D eigenvalue weighted by Crippen LogP contribution is -2.50. The number of aliphatic imine (C=N–C) groups is 1. The fourth-order valence-corrected chi connectivity index (χ4v) is 3.77. The molecule has 1 aromatic carbocycles. The SMILES string of the molecule is CCNC(=NCC1(c2cccc(F)c2)CC1)NC1CCN(CC(=O)NC)CC1.I. The number of nitrogens with one attached hydrogen (secondary N) is 3. The predicted octanol–water partition coefficient (Wildman–Crippen LogP) is 2.24. The average Bonchev–Trinajstić information content (AvgIpc) is 3.49. The monoisotopic (exact) mass is 517 g/mol. The van der Waals surface area contributed by atoms with E-state index in [1.807, 2.05) is 6.07 Å². The molecule has 162 valence electrons. The maximum atomic E-state index is 13.6. The highest BCUT2D eigenvalue weighted by Gasteiger charge is 2.44. The van der Waals surface area contributed by atoms with Gasteiger partial charge in [-0.15, -0.1) is 24.0 Å². The molecule has 1 heterocycles. The summed E-state index contributed by atoms with van der Waals surface area (Å²) in [5, 5.41) is 9.56. The summed E-state index contributed by atoms with van der Waals surface area (Å²) in [6.07, 6.45) is 4.07. The Bertz CT molecular complexity index is 702. The highest BCUT2D eigenvalue weighted by atomic mass is 127. The molecule has 0 unspecified atom stereocenters. The van der Waals surface area contributed by atoms with Gasteiger partial charge in [-0.3, -0.25) is 14.7 Å². The maximum Gasteiger partial charge on any atom is 0.233 e. The Morgan fingerprint density at radius 2 is 2.03 bits per heavy atom. The summed E-state index contributed by atoms with van der Waals surface area (Å²) in [4.78, 5) is 18.5. The van der Waals surface area contributed by atoms with Crippen LogP contribution in [0.15, 0.2) is 29.3 Å².